The predicted octanol–water partition coefficient (Wildman–Crippen LogP) is 1.53. The van der Waals surface area contributed by atoms with E-state index in [0.29, 0.717) is 16.7 Å². The summed E-state index contributed by atoms with van der Waals surface area (Å²) in [5, 5.41) is 17.5. The number of aliphatic hydroxyl groups is 1. The summed E-state index contributed by atoms with van der Waals surface area (Å²) in [6.45, 7) is 8.45. The van der Waals surface area contributed by atoms with Gasteiger partial charge < -0.3 is 15.3 Å². The SMILES string of the molecule is CN(C)CCn1ncc(NC(C)(C)C(C)(C)O)c(Br)c1=O. The maximum absolute atomic E-state index is 12.3. The molecule has 1 aromatic heterocycles. The monoisotopic (exact) mass is 360 g/mol. The molecule has 6 nitrogen and oxygen atoms in total. The average Bonchev–Trinajstić information content (AvgIpc) is 2.32. The lowest BCUT2D eigenvalue weighted by Gasteiger charge is -2.39. The van der Waals surface area contributed by atoms with Crippen molar-refractivity contribution >= 4 is 21.6 Å². The molecule has 0 aliphatic carbocycles. The lowest BCUT2D eigenvalue weighted by atomic mass is 9.86. The van der Waals surface area contributed by atoms with Crippen LogP contribution >= 0.6 is 15.9 Å². The van der Waals surface area contributed by atoms with Gasteiger partial charge in [0.1, 0.15) is 4.47 Å². The van der Waals surface area contributed by atoms with Crippen molar-refractivity contribution in [1.29, 1.82) is 0 Å². The van der Waals surface area contributed by atoms with Crippen LogP contribution < -0.4 is 10.9 Å². The van der Waals surface area contributed by atoms with E-state index in [1.54, 1.807) is 20.0 Å². The average molecular weight is 361 g/mol. The molecule has 0 unspecified atom stereocenters. The molecule has 0 saturated heterocycles. The number of likely N-dealkylation sites (N-methyl/N-ethyl adjacent to an activating group) is 1. The van der Waals surface area contributed by atoms with E-state index >= 15 is 0 Å². The van der Waals surface area contributed by atoms with Gasteiger partial charge in [0.15, 0.2) is 0 Å². The molecule has 0 atom stereocenters. The van der Waals surface area contributed by atoms with Gasteiger partial charge in [0.2, 0.25) is 0 Å². The van der Waals surface area contributed by atoms with Crippen LogP contribution in [0.15, 0.2) is 15.5 Å². The third kappa shape index (κ3) is 4.52. The lowest BCUT2D eigenvalue weighted by Crippen LogP contribution is -2.51. The number of rotatable bonds is 6. The summed E-state index contributed by atoms with van der Waals surface area (Å²) in [7, 11) is 3.89. The minimum Gasteiger partial charge on any atom is -0.388 e. The molecular formula is C14H25BrN4O2. The van der Waals surface area contributed by atoms with E-state index in [9.17, 15) is 9.90 Å². The molecule has 0 aromatic carbocycles. The normalized spacial score (nSPS) is 12.8. The summed E-state index contributed by atoms with van der Waals surface area (Å²) < 4.78 is 1.85. The summed E-state index contributed by atoms with van der Waals surface area (Å²) in [5.74, 6) is 0. The number of nitrogens with one attached hydrogen (secondary N) is 1. The van der Waals surface area contributed by atoms with Gasteiger partial charge in [0.05, 0.1) is 29.6 Å². The molecule has 0 spiro atoms. The van der Waals surface area contributed by atoms with Gasteiger partial charge in [-0.15, -0.1) is 0 Å². The lowest BCUT2D eigenvalue weighted by molar-refractivity contribution is 0.0240. The number of halogens is 1. The minimum absolute atomic E-state index is 0.187. The molecule has 0 amide bonds. The number of hydrogen-bond acceptors (Lipinski definition) is 5. The Kier molecular flexibility index (Phi) is 5.57. The Hall–Kier alpha value is -0.920. The fourth-order valence-corrected chi connectivity index (χ4v) is 1.90. The van der Waals surface area contributed by atoms with E-state index in [0.717, 1.165) is 6.54 Å². The van der Waals surface area contributed by atoms with Gasteiger partial charge in [-0.05, 0) is 57.7 Å². The van der Waals surface area contributed by atoms with Gasteiger partial charge >= 0.3 is 0 Å². The summed E-state index contributed by atoms with van der Waals surface area (Å²) in [6.07, 6.45) is 1.61. The zero-order valence-electron chi connectivity index (χ0n) is 13.6. The molecule has 0 saturated carbocycles. The Balaban J connectivity index is 3.03. The van der Waals surface area contributed by atoms with Crippen LogP contribution in [0.25, 0.3) is 0 Å². The molecule has 0 bridgehead atoms. The first-order valence-electron chi connectivity index (χ1n) is 6.86. The molecule has 120 valence electrons. The van der Waals surface area contributed by atoms with Crippen molar-refractivity contribution in [2.45, 2.75) is 45.4 Å². The van der Waals surface area contributed by atoms with Gasteiger partial charge in [0.25, 0.3) is 5.56 Å². The Morgan fingerprint density at radius 3 is 2.43 bits per heavy atom. The Morgan fingerprint density at radius 1 is 1.38 bits per heavy atom. The van der Waals surface area contributed by atoms with Crippen molar-refractivity contribution in [3.05, 3.63) is 21.0 Å². The zero-order chi connectivity index (χ0) is 16.4. The largest absolute Gasteiger partial charge is 0.388 e. The minimum atomic E-state index is -0.952. The van der Waals surface area contributed by atoms with Crippen LogP contribution in [-0.4, -0.2) is 51.6 Å². The van der Waals surface area contributed by atoms with Crippen LogP contribution in [0.4, 0.5) is 5.69 Å². The van der Waals surface area contributed by atoms with Crippen molar-refractivity contribution in [3.63, 3.8) is 0 Å². The van der Waals surface area contributed by atoms with Gasteiger partial charge in [0, 0.05) is 6.54 Å². The van der Waals surface area contributed by atoms with Crippen LogP contribution in [-0.2, 0) is 6.54 Å². The van der Waals surface area contributed by atoms with Crippen LogP contribution in [0.2, 0.25) is 0 Å². The highest BCUT2D eigenvalue weighted by atomic mass is 79.9. The Bertz CT molecular complexity index is 547. The second kappa shape index (κ2) is 6.46. The summed E-state index contributed by atoms with van der Waals surface area (Å²) in [5.41, 5.74) is -1.17. The van der Waals surface area contributed by atoms with E-state index in [4.69, 9.17) is 0 Å². The molecule has 0 aliphatic rings. The first kappa shape index (κ1) is 18.1. The topological polar surface area (TPSA) is 70.4 Å². The van der Waals surface area contributed by atoms with E-state index in [-0.39, 0.29) is 5.56 Å². The van der Waals surface area contributed by atoms with Crippen molar-refractivity contribution in [1.82, 2.24) is 14.7 Å². The summed E-state index contributed by atoms with van der Waals surface area (Å²) >= 11 is 3.33. The summed E-state index contributed by atoms with van der Waals surface area (Å²) in [4.78, 5) is 14.3. The van der Waals surface area contributed by atoms with Crippen LogP contribution in [0.3, 0.4) is 0 Å². The van der Waals surface area contributed by atoms with Gasteiger partial charge in [-0.3, -0.25) is 4.79 Å². The second-order valence-corrected chi connectivity index (χ2v) is 7.31. The second-order valence-electron chi connectivity index (χ2n) is 6.51. The quantitative estimate of drug-likeness (QED) is 0.804. The number of nitrogens with zero attached hydrogens (tertiary/aromatic N) is 3. The first-order valence-corrected chi connectivity index (χ1v) is 7.66. The molecule has 7 heteroatoms. The maximum Gasteiger partial charge on any atom is 0.283 e. The number of hydrogen-bond donors (Lipinski definition) is 2. The number of anilines is 1. The van der Waals surface area contributed by atoms with Crippen molar-refractivity contribution in [2.24, 2.45) is 0 Å². The zero-order valence-corrected chi connectivity index (χ0v) is 15.2. The van der Waals surface area contributed by atoms with E-state index in [1.807, 2.05) is 32.8 Å². The third-order valence-corrected chi connectivity index (χ3v) is 4.49. The van der Waals surface area contributed by atoms with Crippen molar-refractivity contribution < 1.29 is 5.11 Å². The van der Waals surface area contributed by atoms with Crippen molar-refractivity contribution in [3.8, 4) is 0 Å². The molecule has 0 fully saturated rings. The third-order valence-electron chi connectivity index (χ3n) is 3.72. The predicted molar refractivity (Wildman–Crippen MR) is 88.8 cm³/mol. The van der Waals surface area contributed by atoms with Gasteiger partial charge in [-0.1, -0.05) is 0 Å². The highest BCUT2D eigenvalue weighted by molar-refractivity contribution is 9.10. The van der Waals surface area contributed by atoms with E-state index < -0.39 is 11.1 Å². The highest BCUT2D eigenvalue weighted by Crippen LogP contribution is 2.28. The van der Waals surface area contributed by atoms with Gasteiger partial charge in [-0.25, -0.2) is 4.68 Å². The van der Waals surface area contributed by atoms with Crippen LogP contribution in [0.1, 0.15) is 27.7 Å². The van der Waals surface area contributed by atoms with Crippen LogP contribution in [0, 0.1) is 0 Å². The molecule has 2 N–H and O–H groups in total. The molecule has 1 rings (SSSR count). The van der Waals surface area contributed by atoms with Crippen molar-refractivity contribution in [2.75, 3.05) is 26.0 Å². The number of aromatic nitrogens is 2. The highest BCUT2D eigenvalue weighted by Gasteiger charge is 2.35. The standard InChI is InChI=1S/C14H25BrN4O2/c1-13(2,14(3,4)21)17-10-9-16-19(8-7-18(5)6)12(20)11(10)15/h9,17,21H,7-8H2,1-6H3. The molecule has 0 aliphatic heterocycles. The van der Waals surface area contributed by atoms with Crippen LogP contribution in [0.5, 0.6) is 0 Å². The smallest absolute Gasteiger partial charge is 0.283 e. The first-order chi connectivity index (χ1) is 9.45. The fraction of sp³-hybridized carbons (Fsp3) is 0.714. The molecule has 0 radical (unpaired) electrons. The summed E-state index contributed by atoms with van der Waals surface area (Å²) in [6, 6.07) is 0. The molecular weight excluding hydrogens is 336 g/mol. The Morgan fingerprint density at radius 2 is 1.95 bits per heavy atom. The Labute approximate surface area is 134 Å². The van der Waals surface area contributed by atoms with E-state index in [1.165, 1.54) is 4.68 Å². The molecule has 1 aromatic rings. The van der Waals surface area contributed by atoms with E-state index in [2.05, 4.69) is 26.3 Å². The van der Waals surface area contributed by atoms with Gasteiger partial charge in [-0.2, -0.15) is 5.10 Å². The molecule has 21 heavy (non-hydrogen) atoms. The molecule has 1 heterocycles. The fourth-order valence-electron chi connectivity index (χ4n) is 1.50. The maximum atomic E-state index is 12.3.